The Bertz CT molecular complexity index is 734. The summed E-state index contributed by atoms with van der Waals surface area (Å²) in [7, 11) is 4.78. The molecule has 44 heavy (non-hydrogen) atoms. The molecule has 0 radical (unpaired) electrons. The molecule has 3 atom stereocenters. The van der Waals surface area contributed by atoms with Gasteiger partial charge in [0.2, 0.25) is 11.8 Å². The molecule has 0 rings (SSSR count). The second-order valence-electron chi connectivity index (χ2n) is 10.7. The van der Waals surface area contributed by atoms with E-state index in [4.69, 9.17) is 18.9 Å². The van der Waals surface area contributed by atoms with E-state index in [1.807, 2.05) is 0 Å². The van der Waals surface area contributed by atoms with Crippen molar-refractivity contribution < 1.29 is 38.1 Å². The fourth-order valence-electron chi connectivity index (χ4n) is 4.24. The second-order valence-corrected chi connectivity index (χ2v) is 13.1. The number of carbonyl (C=O) groups is 4. The molecule has 0 aliphatic carbocycles. The van der Waals surface area contributed by atoms with Gasteiger partial charge in [-0.1, -0.05) is 67.5 Å². The minimum absolute atomic E-state index is 0.0106. The predicted molar refractivity (Wildman–Crippen MR) is 186 cm³/mol. The Hall–Kier alpha value is -0.590. The summed E-state index contributed by atoms with van der Waals surface area (Å²) in [5, 5.41) is 2.99. The highest BCUT2D eigenvalue weighted by Gasteiger charge is 2.13. The molecular formula is C31H61N2O8P3. The number of nitrogens with one attached hydrogen (secondary N) is 1. The summed E-state index contributed by atoms with van der Waals surface area (Å²) in [5.74, 6) is 0.126. The summed E-state index contributed by atoms with van der Waals surface area (Å²) in [6.45, 7) is 6.78. The molecule has 10 nitrogen and oxygen atoms in total. The van der Waals surface area contributed by atoms with Gasteiger partial charge in [0.05, 0.1) is 52.9 Å². The quantitative estimate of drug-likeness (QED) is 0.0721. The van der Waals surface area contributed by atoms with Crippen molar-refractivity contribution in [3.8, 4) is 0 Å². The third kappa shape index (κ3) is 31.4. The number of rotatable bonds is 34. The molecule has 0 heterocycles. The molecule has 0 aliphatic rings. The molecule has 0 aromatic heterocycles. The first-order valence-corrected chi connectivity index (χ1v) is 19.9. The SMILES string of the molecule is CCCCCCCCCCCC(=O)NCCCCC(=O)N(CCOCCOCCC(=O)P)CCOCCOCCC(=O)PP. The van der Waals surface area contributed by atoms with Crippen molar-refractivity contribution in [2.24, 2.45) is 0 Å². The minimum atomic E-state index is 0.0106. The molecule has 0 aromatic rings. The number of carbonyl (C=O) groups excluding carboxylic acids is 4. The molecule has 0 saturated heterocycles. The van der Waals surface area contributed by atoms with Gasteiger partial charge in [0.1, 0.15) is 0 Å². The van der Waals surface area contributed by atoms with E-state index in [1.165, 1.54) is 44.9 Å². The number of hydrogen-bond donors (Lipinski definition) is 1. The topological polar surface area (TPSA) is 120 Å². The van der Waals surface area contributed by atoms with Crippen molar-refractivity contribution >= 4 is 49.3 Å². The van der Waals surface area contributed by atoms with Crippen LogP contribution in [-0.2, 0) is 38.1 Å². The Morgan fingerprint density at radius 2 is 1.11 bits per heavy atom. The Balaban J connectivity index is 4.15. The fourth-order valence-corrected chi connectivity index (χ4v) is 5.03. The lowest BCUT2D eigenvalue weighted by Gasteiger charge is -2.23. The first-order chi connectivity index (χ1) is 21.4. The molecular weight excluding hydrogens is 621 g/mol. The highest BCUT2D eigenvalue weighted by atomic mass is 32.0. The molecule has 0 fully saturated rings. The van der Waals surface area contributed by atoms with Gasteiger partial charge >= 0.3 is 0 Å². The normalized spacial score (nSPS) is 11.3. The van der Waals surface area contributed by atoms with Crippen molar-refractivity contribution in [2.45, 2.75) is 103 Å². The zero-order chi connectivity index (χ0) is 32.5. The first-order valence-electron chi connectivity index (χ1n) is 16.5. The zero-order valence-corrected chi connectivity index (χ0v) is 30.6. The Labute approximate surface area is 273 Å². The maximum absolute atomic E-state index is 12.9. The average molecular weight is 683 g/mol. The molecule has 0 saturated carbocycles. The van der Waals surface area contributed by atoms with Gasteiger partial charge < -0.3 is 29.2 Å². The van der Waals surface area contributed by atoms with Crippen molar-refractivity contribution in [1.29, 1.82) is 0 Å². The van der Waals surface area contributed by atoms with E-state index in [0.29, 0.717) is 105 Å². The summed E-state index contributed by atoms with van der Waals surface area (Å²) in [6, 6.07) is 0. The Kier molecular flexibility index (Phi) is 33.3. The van der Waals surface area contributed by atoms with Gasteiger partial charge in [0.15, 0.2) is 11.0 Å². The van der Waals surface area contributed by atoms with Gasteiger partial charge in [-0.05, 0) is 27.5 Å². The van der Waals surface area contributed by atoms with Crippen LogP contribution in [0.25, 0.3) is 0 Å². The van der Waals surface area contributed by atoms with E-state index in [1.54, 1.807) is 4.90 Å². The maximum atomic E-state index is 12.9. The minimum Gasteiger partial charge on any atom is -0.379 e. The van der Waals surface area contributed by atoms with Gasteiger partial charge in [0, 0.05) is 45.3 Å². The van der Waals surface area contributed by atoms with Crippen LogP contribution in [0.2, 0.25) is 0 Å². The molecule has 1 N–H and O–H groups in total. The van der Waals surface area contributed by atoms with Crippen LogP contribution in [0.4, 0.5) is 0 Å². The molecule has 3 unspecified atom stereocenters. The van der Waals surface area contributed by atoms with Crippen LogP contribution < -0.4 is 5.32 Å². The van der Waals surface area contributed by atoms with Crippen molar-refractivity contribution in [2.75, 3.05) is 72.5 Å². The van der Waals surface area contributed by atoms with Crippen LogP contribution in [0.3, 0.4) is 0 Å². The van der Waals surface area contributed by atoms with E-state index >= 15 is 0 Å². The lowest BCUT2D eigenvalue weighted by atomic mass is 10.1. The molecule has 0 spiro atoms. The molecule has 13 heteroatoms. The summed E-state index contributed by atoms with van der Waals surface area (Å²) in [6.07, 6.45) is 14.3. The zero-order valence-electron chi connectivity index (χ0n) is 27.3. The maximum Gasteiger partial charge on any atom is 0.222 e. The van der Waals surface area contributed by atoms with Gasteiger partial charge in [-0.25, -0.2) is 0 Å². The van der Waals surface area contributed by atoms with Crippen LogP contribution in [0.5, 0.6) is 0 Å². The molecule has 0 bridgehead atoms. The van der Waals surface area contributed by atoms with Crippen molar-refractivity contribution in [3.63, 3.8) is 0 Å². The van der Waals surface area contributed by atoms with E-state index < -0.39 is 0 Å². The number of amides is 2. The third-order valence-electron chi connectivity index (χ3n) is 6.88. The Morgan fingerprint density at radius 3 is 1.66 bits per heavy atom. The fraction of sp³-hybridized carbons (Fsp3) is 0.871. The first kappa shape index (κ1) is 43.4. The van der Waals surface area contributed by atoms with E-state index in [0.717, 1.165) is 19.3 Å². The van der Waals surface area contributed by atoms with Crippen LogP contribution in [0.1, 0.15) is 103 Å². The average Bonchev–Trinajstić information content (AvgIpc) is 3.01. The number of hydrogen-bond acceptors (Lipinski definition) is 8. The van der Waals surface area contributed by atoms with E-state index in [2.05, 4.69) is 30.4 Å². The molecule has 0 aromatic carbocycles. The monoisotopic (exact) mass is 682 g/mol. The molecule has 258 valence electrons. The van der Waals surface area contributed by atoms with E-state index in [-0.39, 0.29) is 31.1 Å². The van der Waals surface area contributed by atoms with Gasteiger partial charge in [-0.3, -0.25) is 19.2 Å². The Morgan fingerprint density at radius 1 is 0.614 bits per heavy atom. The smallest absolute Gasteiger partial charge is 0.222 e. The van der Waals surface area contributed by atoms with Gasteiger partial charge in [0.25, 0.3) is 0 Å². The summed E-state index contributed by atoms with van der Waals surface area (Å²) < 4.78 is 22.0. The number of unbranched alkanes of at least 4 members (excludes halogenated alkanes) is 9. The predicted octanol–water partition coefficient (Wildman–Crippen LogP) is 5.27. The second kappa shape index (κ2) is 33.8. The van der Waals surface area contributed by atoms with E-state index in [9.17, 15) is 19.2 Å². The van der Waals surface area contributed by atoms with Crippen LogP contribution in [-0.4, -0.2) is 100 Å². The molecule has 0 aliphatic heterocycles. The van der Waals surface area contributed by atoms with Crippen molar-refractivity contribution in [3.05, 3.63) is 0 Å². The highest BCUT2D eigenvalue weighted by Crippen LogP contribution is 2.22. The van der Waals surface area contributed by atoms with Crippen LogP contribution >= 0.6 is 26.4 Å². The molecule has 2 amide bonds. The van der Waals surface area contributed by atoms with Crippen LogP contribution in [0, 0.1) is 0 Å². The van der Waals surface area contributed by atoms with Gasteiger partial charge in [-0.15, -0.1) is 8.93 Å². The summed E-state index contributed by atoms with van der Waals surface area (Å²) in [4.78, 5) is 49.0. The number of nitrogens with zero attached hydrogens (tertiary/aromatic N) is 1. The van der Waals surface area contributed by atoms with Crippen molar-refractivity contribution in [1.82, 2.24) is 10.2 Å². The lowest BCUT2D eigenvalue weighted by Crippen LogP contribution is -2.37. The lowest BCUT2D eigenvalue weighted by molar-refractivity contribution is -0.133. The summed E-state index contributed by atoms with van der Waals surface area (Å²) in [5.41, 5.74) is 0.182. The summed E-state index contributed by atoms with van der Waals surface area (Å²) >= 11 is 0. The highest BCUT2D eigenvalue weighted by molar-refractivity contribution is 8.11. The largest absolute Gasteiger partial charge is 0.379 e. The third-order valence-corrected chi connectivity index (χ3v) is 8.71. The van der Waals surface area contributed by atoms with Gasteiger partial charge in [-0.2, -0.15) is 0 Å². The number of ether oxygens (including phenoxy) is 4. The standard InChI is InChI=1S/C31H61N2O8P3/c1-2-3-4-5-6-7-8-9-10-13-28(34)32-17-12-11-14-29(35)33(18-22-40-26-24-38-20-15-30(36)42)19-23-41-27-25-39-21-16-31(37)44-43/h44H,2-27,42-43H2,1H3,(H,32,34). The van der Waals surface area contributed by atoms with Crippen LogP contribution in [0.15, 0.2) is 0 Å².